The van der Waals surface area contributed by atoms with E-state index in [1.54, 1.807) is 39.0 Å². The normalized spacial score (nSPS) is 20.2. The summed E-state index contributed by atoms with van der Waals surface area (Å²) >= 11 is 6.31. The van der Waals surface area contributed by atoms with Gasteiger partial charge in [-0.15, -0.1) is 0 Å². The lowest BCUT2D eigenvalue weighted by molar-refractivity contribution is -0.142. The van der Waals surface area contributed by atoms with Crippen LogP contribution in [-0.2, 0) is 9.59 Å². The van der Waals surface area contributed by atoms with Gasteiger partial charge >= 0.3 is 0 Å². The highest BCUT2D eigenvalue weighted by atomic mass is 35.5. The molecule has 0 saturated carbocycles. The van der Waals surface area contributed by atoms with Crippen LogP contribution in [0.1, 0.15) is 23.2 Å². The van der Waals surface area contributed by atoms with Crippen LogP contribution in [0.5, 0.6) is 11.5 Å². The number of carbonyl (C=O) groups excluding carboxylic acids is 3. The minimum Gasteiger partial charge on any atom is -0.485 e. The molecular formula is C24H24ClN3O5. The number of piperazine rings is 1. The Bertz CT molecular complexity index is 1100. The fourth-order valence-corrected chi connectivity index (χ4v) is 4.63. The Balaban J connectivity index is 1.21. The second-order valence-corrected chi connectivity index (χ2v) is 8.70. The zero-order chi connectivity index (χ0) is 22.9. The van der Waals surface area contributed by atoms with Crippen molar-refractivity contribution in [2.75, 3.05) is 44.2 Å². The summed E-state index contributed by atoms with van der Waals surface area (Å²) in [6, 6.07) is 12.3. The summed E-state index contributed by atoms with van der Waals surface area (Å²) < 4.78 is 11.5. The number of halogens is 1. The molecule has 3 aliphatic rings. The summed E-state index contributed by atoms with van der Waals surface area (Å²) in [6.45, 7) is 2.42. The van der Waals surface area contributed by atoms with Gasteiger partial charge in [-0.2, -0.15) is 0 Å². The number of carbonyl (C=O) groups is 3. The van der Waals surface area contributed by atoms with E-state index < -0.39 is 6.10 Å². The van der Waals surface area contributed by atoms with Gasteiger partial charge in [0.25, 0.3) is 11.8 Å². The van der Waals surface area contributed by atoms with E-state index in [0.29, 0.717) is 66.9 Å². The molecule has 2 aromatic carbocycles. The molecule has 0 radical (unpaired) electrons. The maximum atomic E-state index is 13.1. The van der Waals surface area contributed by atoms with E-state index in [9.17, 15) is 14.4 Å². The number of anilines is 1. The quantitative estimate of drug-likeness (QED) is 0.690. The molecule has 8 nitrogen and oxygen atoms in total. The first kappa shape index (κ1) is 21.6. The summed E-state index contributed by atoms with van der Waals surface area (Å²) in [7, 11) is 0. The topological polar surface area (TPSA) is 79.4 Å². The highest BCUT2D eigenvalue weighted by Crippen LogP contribution is 2.32. The van der Waals surface area contributed by atoms with Crippen molar-refractivity contribution in [1.82, 2.24) is 9.80 Å². The largest absolute Gasteiger partial charge is 0.485 e. The fourth-order valence-electron chi connectivity index (χ4n) is 4.41. The molecule has 0 N–H and O–H groups in total. The molecule has 172 valence electrons. The monoisotopic (exact) mass is 469 g/mol. The van der Waals surface area contributed by atoms with Gasteiger partial charge in [0.2, 0.25) is 12.0 Å². The molecule has 33 heavy (non-hydrogen) atoms. The summed E-state index contributed by atoms with van der Waals surface area (Å²) in [4.78, 5) is 43.2. The molecule has 2 fully saturated rings. The highest BCUT2D eigenvalue weighted by molar-refractivity contribution is 6.34. The van der Waals surface area contributed by atoms with Crippen molar-refractivity contribution in [2.45, 2.75) is 18.9 Å². The number of hydrogen-bond acceptors (Lipinski definition) is 5. The molecule has 1 atom stereocenters. The molecule has 2 aromatic rings. The lowest BCUT2D eigenvalue weighted by atomic mass is 10.1. The SMILES string of the molecule is O=C(c1ccc(Cl)c(N2CCCC2=O)c1)N1CCN(C(=O)[C@H]2COc3ccccc3O2)CC1. The summed E-state index contributed by atoms with van der Waals surface area (Å²) in [5.74, 6) is 0.932. The molecule has 0 unspecified atom stereocenters. The first-order valence-electron chi connectivity index (χ1n) is 11.1. The molecule has 0 bridgehead atoms. The van der Waals surface area contributed by atoms with Crippen LogP contribution >= 0.6 is 11.6 Å². The third-order valence-electron chi connectivity index (χ3n) is 6.22. The van der Waals surface area contributed by atoms with Crippen molar-refractivity contribution >= 4 is 35.0 Å². The summed E-state index contributed by atoms with van der Waals surface area (Å²) in [6.07, 6.45) is 0.579. The predicted molar refractivity (Wildman–Crippen MR) is 122 cm³/mol. The van der Waals surface area contributed by atoms with Crippen LogP contribution in [0.3, 0.4) is 0 Å². The number of fused-ring (bicyclic) bond motifs is 1. The minimum atomic E-state index is -0.695. The van der Waals surface area contributed by atoms with Crippen LogP contribution in [0.2, 0.25) is 5.02 Å². The van der Waals surface area contributed by atoms with Crippen molar-refractivity contribution < 1.29 is 23.9 Å². The maximum Gasteiger partial charge on any atom is 0.267 e. The molecule has 0 aromatic heterocycles. The summed E-state index contributed by atoms with van der Waals surface area (Å²) in [5, 5.41) is 0.452. The minimum absolute atomic E-state index is 0.0187. The Hall–Kier alpha value is -3.26. The van der Waals surface area contributed by atoms with Gasteiger partial charge in [-0.3, -0.25) is 14.4 Å². The number of ether oxygens (including phenoxy) is 2. The van der Waals surface area contributed by atoms with E-state index in [0.717, 1.165) is 6.42 Å². The van der Waals surface area contributed by atoms with Gasteiger partial charge in [-0.05, 0) is 36.8 Å². The zero-order valence-corrected chi connectivity index (χ0v) is 18.8. The molecular weight excluding hydrogens is 446 g/mol. The van der Waals surface area contributed by atoms with Gasteiger partial charge in [-0.25, -0.2) is 0 Å². The Labute approximate surface area is 196 Å². The third-order valence-corrected chi connectivity index (χ3v) is 6.54. The van der Waals surface area contributed by atoms with Crippen molar-refractivity contribution in [2.24, 2.45) is 0 Å². The van der Waals surface area contributed by atoms with E-state index in [-0.39, 0.29) is 24.3 Å². The number of para-hydroxylation sites is 2. The number of benzene rings is 2. The van der Waals surface area contributed by atoms with E-state index in [4.69, 9.17) is 21.1 Å². The Morgan fingerprint density at radius 3 is 2.39 bits per heavy atom. The molecule has 3 aliphatic heterocycles. The van der Waals surface area contributed by atoms with Gasteiger partial charge in [0.15, 0.2) is 11.5 Å². The van der Waals surface area contributed by atoms with Crippen molar-refractivity contribution in [3.8, 4) is 11.5 Å². The molecule has 3 amide bonds. The van der Waals surface area contributed by atoms with Gasteiger partial charge in [0, 0.05) is 44.7 Å². The first-order valence-corrected chi connectivity index (χ1v) is 11.5. The standard InChI is InChI=1S/C24H24ClN3O5/c25-17-8-7-16(14-18(17)28-9-3-6-22(28)29)23(30)26-10-12-27(13-11-26)24(31)21-15-32-19-4-1-2-5-20(19)33-21/h1-2,4-5,7-8,14,21H,3,6,9-13,15H2/t21-/m1/s1. The molecule has 3 heterocycles. The van der Waals surface area contributed by atoms with Crippen LogP contribution in [-0.4, -0.2) is 73.0 Å². The average Bonchev–Trinajstić information content (AvgIpc) is 3.28. The highest BCUT2D eigenvalue weighted by Gasteiger charge is 2.34. The lowest BCUT2D eigenvalue weighted by Crippen LogP contribution is -2.55. The van der Waals surface area contributed by atoms with E-state index in [1.807, 2.05) is 18.2 Å². The number of hydrogen-bond donors (Lipinski definition) is 0. The second-order valence-electron chi connectivity index (χ2n) is 8.30. The molecule has 5 rings (SSSR count). The molecule has 0 aliphatic carbocycles. The van der Waals surface area contributed by atoms with Crippen LogP contribution in [0.15, 0.2) is 42.5 Å². The van der Waals surface area contributed by atoms with Crippen LogP contribution in [0.4, 0.5) is 5.69 Å². The average molecular weight is 470 g/mol. The number of rotatable bonds is 3. The molecule has 0 spiro atoms. The van der Waals surface area contributed by atoms with Gasteiger partial charge in [-0.1, -0.05) is 23.7 Å². The Kier molecular flexibility index (Phi) is 5.85. The zero-order valence-electron chi connectivity index (χ0n) is 18.0. The smallest absolute Gasteiger partial charge is 0.267 e. The number of amides is 3. The van der Waals surface area contributed by atoms with Crippen molar-refractivity contribution in [1.29, 1.82) is 0 Å². The van der Waals surface area contributed by atoms with E-state index in [2.05, 4.69) is 0 Å². The fraction of sp³-hybridized carbons (Fsp3) is 0.375. The summed E-state index contributed by atoms with van der Waals surface area (Å²) in [5.41, 5.74) is 1.06. The third kappa shape index (κ3) is 4.23. The Morgan fingerprint density at radius 2 is 1.67 bits per heavy atom. The van der Waals surface area contributed by atoms with E-state index in [1.165, 1.54) is 0 Å². The van der Waals surface area contributed by atoms with Crippen molar-refractivity contribution in [3.63, 3.8) is 0 Å². The van der Waals surface area contributed by atoms with Crippen LogP contribution in [0, 0.1) is 0 Å². The van der Waals surface area contributed by atoms with Crippen LogP contribution in [0.25, 0.3) is 0 Å². The number of nitrogens with zero attached hydrogens (tertiary/aromatic N) is 3. The van der Waals surface area contributed by atoms with Crippen LogP contribution < -0.4 is 14.4 Å². The lowest BCUT2D eigenvalue weighted by Gasteiger charge is -2.37. The van der Waals surface area contributed by atoms with E-state index >= 15 is 0 Å². The molecule has 9 heteroatoms. The predicted octanol–water partition coefficient (Wildman–Crippen LogP) is 2.59. The maximum absolute atomic E-state index is 13.1. The van der Waals surface area contributed by atoms with Crippen molar-refractivity contribution in [3.05, 3.63) is 53.1 Å². The molecule has 2 saturated heterocycles. The Morgan fingerprint density at radius 1 is 0.939 bits per heavy atom. The second kappa shape index (κ2) is 8.94. The van der Waals surface area contributed by atoms with Gasteiger partial charge in [0.05, 0.1) is 10.7 Å². The van der Waals surface area contributed by atoms with Gasteiger partial charge in [0.1, 0.15) is 6.61 Å². The van der Waals surface area contributed by atoms with Gasteiger partial charge < -0.3 is 24.2 Å². The first-order chi connectivity index (χ1) is 16.0.